The molecule has 1 heterocycles. The fraction of sp³-hybridized carbons (Fsp3) is 0.500. The number of carboxylic acids is 1. The molecule has 2 N–H and O–H groups in total. The highest BCUT2D eigenvalue weighted by Crippen LogP contribution is 2.45. The highest BCUT2D eigenvalue weighted by atomic mass is 35.5. The van der Waals surface area contributed by atoms with Crippen LogP contribution >= 0.6 is 11.6 Å². The number of aromatic carboxylic acids is 1. The van der Waals surface area contributed by atoms with Crippen LogP contribution in [0.25, 0.3) is 0 Å². The summed E-state index contributed by atoms with van der Waals surface area (Å²) < 4.78 is 11.2. The number of allylic oxidation sites excluding steroid dienone is 1. The molecule has 0 saturated heterocycles. The van der Waals surface area contributed by atoms with Crippen molar-refractivity contribution in [1.82, 2.24) is 0 Å². The van der Waals surface area contributed by atoms with E-state index in [1.54, 1.807) is 19.2 Å². The molecular formula is C22H27ClO5. The Balaban J connectivity index is 1.70. The summed E-state index contributed by atoms with van der Waals surface area (Å²) in [7, 11) is 1.63. The van der Waals surface area contributed by atoms with Gasteiger partial charge in [0.05, 0.1) is 16.7 Å². The predicted octanol–water partition coefficient (Wildman–Crippen LogP) is 4.27. The summed E-state index contributed by atoms with van der Waals surface area (Å²) in [4.78, 5) is 11.4. The van der Waals surface area contributed by atoms with E-state index >= 15 is 0 Å². The Hall–Kier alpha value is -1.82. The van der Waals surface area contributed by atoms with Gasteiger partial charge in [-0.1, -0.05) is 36.4 Å². The minimum absolute atomic E-state index is 0.00582. The summed E-state index contributed by atoms with van der Waals surface area (Å²) in [5, 5.41) is 19.8. The monoisotopic (exact) mass is 406 g/mol. The van der Waals surface area contributed by atoms with Crippen LogP contribution in [0.2, 0.25) is 5.02 Å². The van der Waals surface area contributed by atoms with Crippen LogP contribution in [0.5, 0.6) is 5.75 Å². The molecule has 28 heavy (non-hydrogen) atoms. The summed E-state index contributed by atoms with van der Waals surface area (Å²) >= 11 is 6.33. The van der Waals surface area contributed by atoms with Gasteiger partial charge in [-0.3, -0.25) is 0 Å². The lowest BCUT2D eigenvalue weighted by molar-refractivity contribution is 0.0696. The number of benzene rings is 1. The molecule has 1 aromatic carbocycles. The van der Waals surface area contributed by atoms with Gasteiger partial charge in [0.15, 0.2) is 0 Å². The van der Waals surface area contributed by atoms with Crippen LogP contribution in [0.1, 0.15) is 41.6 Å². The molecule has 0 aromatic heterocycles. The van der Waals surface area contributed by atoms with E-state index < -0.39 is 12.1 Å². The topological polar surface area (TPSA) is 76.0 Å². The smallest absolute Gasteiger partial charge is 0.337 e. The third-order valence-corrected chi connectivity index (χ3v) is 6.20. The zero-order valence-corrected chi connectivity index (χ0v) is 16.8. The van der Waals surface area contributed by atoms with Crippen molar-refractivity contribution in [3.05, 3.63) is 52.6 Å². The Morgan fingerprint density at radius 1 is 1.43 bits per heavy atom. The zero-order chi connectivity index (χ0) is 20.3. The van der Waals surface area contributed by atoms with E-state index in [1.165, 1.54) is 0 Å². The predicted molar refractivity (Wildman–Crippen MR) is 108 cm³/mol. The molecular weight excluding hydrogens is 380 g/mol. The van der Waals surface area contributed by atoms with Crippen molar-refractivity contribution in [2.75, 3.05) is 13.7 Å². The van der Waals surface area contributed by atoms with Gasteiger partial charge >= 0.3 is 5.97 Å². The Morgan fingerprint density at radius 2 is 2.21 bits per heavy atom. The lowest BCUT2D eigenvalue weighted by atomic mass is 9.88. The molecule has 6 heteroatoms. The summed E-state index contributed by atoms with van der Waals surface area (Å²) in [5.74, 6) is 0.0909. The average Bonchev–Trinajstić information content (AvgIpc) is 2.95. The lowest BCUT2D eigenvalue weighted by Gasteiger charge is -2.22. The Labute approximate surface area is 170 Å². The molecule has 1 aromatic rings. The standard InChI is InChI=1S/C22H27ClO5/c1-13(11-12-27-2)18(24)9-5-14-6-10-19-16(14)7-3-15-4-8-17(22(25)26)20(23)21(15)28-19/h4-5,8-9,14,16,18-19,24H,1,3,6-7,10-12H2,2H3,(H,25,26)/b9-5+/t14-,16+,18?,19-/m0/s1. The molecule has 1 fully saturated rings. The molecule has 5 nitrogen and oxygen atoms in total. The maximum atomic E-state index is 11.4. The van der Waals surface area contributed by atoms with Crippen LogP contribution in [0.3, 0.4) is 0 Å². The molecule has 1 aliphatic carbocycles. The second-order valence-electron chi connectivity index (χ2n) is 7.55. The minimum atomic E-state index is -1.05. The number of carboxylic acid groups (broad SMARTS) is 1. The van der Waals surface area contributed by atoms with E-state index in [2.05, 4.69) is 12.7 Å². The third-order valence-electron chi connectivity index (χ3n) is 5.82. The van der Waals surface area contributed by atoms with Crippen molar-refractivity contribution in [2.45, 2.75) is 44.3 Å². The fourth-order valence-electron chi connectivity index (χ4n) is 4.17. The number of halogens is 1. The van der Waals surface area contributed by atoms with Crippen molar-refractivity contribution in [3.8, 4) is 5.75 Å². The molecule has 1 saturated carbocycles. The summed E-state index contributed by atoms with van der Waals surface area (Å²) in [6, 6.07) is 3.35. The van der Waals surface area contributed by atoms with Crippen LogP contribution in [-0.2, 0) is 11.2 Å². The summed E-state index contributed by atoms with van der Waals surface area (Å²) in [6.07, 6.45) is 7.44. The maximum absolute atomic E-state index is 11.4. The third kappa shape index (κ3) is 4.43. The van der Waals surface area contributed by atoms with Crippen LogP contribution < -0.4 is 4.74 Å². The second kappa shape index (κ2) is 9.12. The second-order valence-corrected chi connectivity index (χ2v) is 7.93. The first-order valence-electron chi connectivity index (χ1n) is 9.66. The number of rotatable bonds is 7. The SMILES string of the molecule is C=C(CCOC)C(O)/C=C/[C@H]1CC[C@@H]2Oc3c(ccc(C(=O)O)c3Cl)CC[C@@H]21. The first kappa shape index (κ1) is 20.9. The van der Waals surface area contributed by atoms with Crippen molar-refractivity contribution in [3.63, 3.8) is 0 Å². The zero-order valence-electron chi connectivity index (χ0n) is 16.1. The van der Waals surface area contributed by atoms with E-state index in [0.717, 1.165) is 36.8 Å². The fourth-order valence-corrected chi connectivity index (χ4v) is 4.48. The number of ether oxygens (including phenoxy) is 2. The number of fused-ring (bicyclic) bond motifs is 2. The van der Waals surface area contributed by atoms with Crippen molar-refractivity contribution in [2.24, 2.45) is 11.8 Å². The van der Waals surface area contributed by atoms with E-state index in [1.807, 2.05) is 6.08 Å². The van der Waals surface area contributed by atoms with Gasteiger partial charge in [0.1, 0.15) is 11.9 Å². The number of methoxy groups -OCH3 is 1. The number of aliphatic hydroxyl groups excluding tert-OH is 1. The maximum Gasteiger partial charge on any atom is 0.337 e. The number of carbonyl (C=O) groups is 1. The van der Waals surface area contributed by atoms with Crippen molar-refractivity contribution >= 4 is 17.6 Å². The molecule has 1 aliphatic heterocycles. The van der Waals surface area contributed by atoms with Crippen LogP contribution in [0.4, 0.5) is 0 Å². The minimum Gasteiger partial charge on any atom is -0.488 e. The van der Waals surface area contributed by atoms with Gasteiger partial charge in [0.2, 0.25) is 0 Å². The van der Waals surface area contributed by atoms with Crippen LogP contribution in [0.15, 0.2) is 36.4 Å². The normalized spacial score (nSPS) is 24.9. The van der Waals surface area contributed by atoms with Crippen molar-refractivity contribution < 1.29 is 24.5 Å². The van der Waals surface area contributed by atoms with E-state index in [0.29, 0.717) is 30.6 Å². The van der Waals surface area contributed by atoms with Crippen molar-refractivity contribution in [1.29, 1.82) is 0 Å². The average molecular weight is 407 g/mol. The quantitative estimate of drug-likeness (QED) is 0.661. The molecule has 3 rings (SSSR count). The number of aryl methyl sites for hydroxylation is 1. The molecule has 1 unspecified atom stereocenters. The van der Waals surface area contributed by atoms with Crippen LogP contribution in [0, 0.1) is 11.8 Å². The van der Waals surface area contributed by atoms with Gasteiger partial charge in [-0.15, -0.1) is 0 Å². The first-order chi connectivity index (χ1) is 13.4. The molecule has 0 bridgehead atoms. The Kier molecular flexibility index (Phi) is 6.81. The highest BCUT2D eigenvalue weighted by Gasteiger charge is 2.39. The highest BCUT2D eigenvalue weighted by molar-refractivity contribution is 6.35. The number of hydrogen-bond donors (Lipinski definition) is 2. The largest absolute Gasteiger partial charge is 0.488 e. The van der Waals surface area contributed by atoms with Gasteiger partial charge in [-0.05, 0) is 55.2 Å². The first-order valence-corrected chi connectivity index (χ1v) is 10.0. The van der Waals surface area contributed by atoms with Gasteiger partial charge in [-0.2, -0.15) is 0 Å². The lowest BCUT2D eigenvalue weighted by Crippen LogP contribution is -2.23. The van der Waals surface area contributed by atoms with Gasteiger partial charge in [0, 0.05) is 19.6 Å². The molecule has 0 spiro atoms. The summed E-state index contributed by atoms with van der Waals surface area (Å²) in [6.45, 7) is 4.47. The van der Waals surface area contributed by atoms with Gasteiger partial charge < -0.3 is 19.7 Å². The number of hydrogen-bond acceptors (Lipinski definition) is 4. The molecule has 2 aliphatic rings. The molecule has 4 atom stereocenters. The van der Waals surface area contributed by atoms with E-state index in [9.17, 15) is 15.0 Å². The van der Waals surface area contributed by atoms with Crippen LogP contribution in [-0.4, -0.2) is 42.1 Å². The van der Waals surface area contributed by atoms with Gasteiger partial charge in [-0.25, -0.2) is 4.79 Å². The Bertz CT molecular complexity index is 772. The van der Waals surface area contributed by atoms with Gasteiger partial charge in [0.25, 0.3) is 0 Å². The Morgan fingerprint density at radius 3 is 2.93 bits per heavy atom. The van der Waals surface area contributed by atoms with E-state index in [4.69, 9.17) is 21.1 Å². The molecule has 152 valence electrons. The molecule has 0 radical (unpaired) electrons. The molecule has 0 amide bonds. The number of aliphatic hydroxyl groups is 1. The summed E-state index contributed by atoms with van der Waals surface area (Å²) in [5.41, 5.74) is 1.77. The van der Waals surface area contributed by atoms with E-state index in [-0.39, 0.29) is 16.7 Å².